The van der Waals surface area contributed by atoms with E-state index in [4.69, 9.17) is 4.74 Å². The second kappa shape index (κ2) is 7.48. The minimum Gasteiger partial charge on any atom is -0.378 e. The first-order valence-corrected chi connectivity index (χ1v) is 9.99. The van der Waals surface area contributed by atoms with Crippen molar-refractivity contribution < 1.29 is 14.3 Å². The van der Waals surface area contributed by atoms with Crippen LogP contribution < -0.4 is 4.90 Å². The Kier molecular flexibility index (Phi) is 5.01. The molecule has 4 rings (SSSR count). The number of hydrogen-bond acceptors (Lipinski definition) is 4. The monoisotopic (exact) mass is 390 g/mol. The molecule has 0 radical (unpaired) electrons. The summed E-state index contributed by atoms with van der Waals surface area (Å²) in [5.74, 6) is -0.502. The molecule has 0 saturated carbocycles. The third kappa shape index (κ3) is 3.25. The average molecular weight is 390 g/mol. The van der Waals surface area contributed by atoms with Crippen LogP contribution in [0, 0.1) is 27.7 Å². The van der Waals surface area contributed by atoms with Gasteiger partial charge in [0.2, 0.25) is 0 Å². The number of nitrogens with zero attached hydrogens (tertiary/aromatic N) is 2. The SMILES string of the molecule is Cc1ccc(C2=C(N3CCOCC3)C(=O)N(c3cccc(C)c3C)C2=O)c(C)c1. The number of ether oxygens (including phenoxy) is 1. The van der Waals surface area contributed by atoms with Gasteiger partial charge in [-0.2, -0.15) is 0 Å². The fraction of sp³-hybridized carbons (Fsp3) is 0.333. The van der Waals surface area contributed by atoms with Crippen molar-refractivity contribution >= 4 is 23.1 Å². The summed E-state index contributed by atoms with van der Waals surface area (Å²) in [7, 11) is 0. The molecule has 2 amide bonds. The fourth-order valence-electron chi connectivity index (χ4n) is 4.13. The molecule has 5 nitrogen and oxygen atoms in total. The van der Waals surface area contributed by atoms with E-state index in [1.54, 1.807) is 0 Å². The van der Waals surface area contributed by atoms with Gasteiger partial charge in [-0.25, -0.2) is 4.90 Å². The lowest BCUT2D eigenvalue weighted by Crippen LogP contribution is -2.40. The Balaban J connectivity index is 1.89. The summed E-state index contributed by atoms with van der Waals surface area (Å²) in [6.07, 6.45) is 0. The van der Waals surface area contributed by atoms with Gasteiger partial charge in [0.15, 0.2) is 0 Å². The van der Waals surface area contributed by atoms with Crippen molar-refractivity contribution in [2.24, 2.45) is 0 Å². The Bertz CT molecular complexity index is 1030. The number of carbonyl (C=O) groups excluding carboxylic acids is 2. The Hall–Kier alpha value is -2.92. The van der Waals surface area contributed by atoms with E-state index in [0.29, 0.717) is 43.3 Å². The van der Waals surface area contributed by atoms with E-state index in [-0.39, 0.29) is 11.8 Å². The van der Waals surface area contributed by atoms with Crippen molar-refractivity contribution in [3.8, 4) is 0 Å². The van der Waals surface area contributed by atoms with E-state index in [0.717, 1.165) is 27.8 Å². The van der Waals surface area contributed by atoms with Crippen molar-refractivity contribution in [1.29, 1.82) is 0 Å². The summed E-state index contributed by atoms with van der Waals surface area (Å²) in [6.45, 7) is 10.3. The van der Waals surface area contributed by atoms with Crippen LogP contribution in [-0.2, 0) is 14.3 Å². The van der Waals surface area contributed by atoms with Crippen LogP contribution in [0.15, 0.2) is 42.1 Å². The van der Waals surface area contributed by atoms with Crippen molar-refractivity contribution in [2.45, 2.75) is 27.7 Å². The van der Waals surface area contributed by atoms with Crippen molar-refractivity contribution in [3.05, 3.63) is 69.9 Å². The average Bonchev–Trinajstić information content (AvgIpc) is 2.95. The third-order valence-corrected chi connectivity index (χ3v) is 5.85. The van der Waals surface area contributed by atoms with Gasteiger partial charge in [0.05, 0.1) is 24.5 Å². The molecule has 2 aliphatic heterocycles. The number of anilines is 1. The van der Waals surface area contributed by atoms with Crippen molar-refractivity contribution in [1.82, 2.24) is 4.90 Å². The predicted octanol–water partition coefficient (Wildman–Crippen LogP) is 3.54. The zero-order valence-corrected chi connectivity index (χ0v) is 17.4. The highest BCUT2D eigenvalue weighted by Gasteiger charge is 2.43. The normalized spacial score (nSPS) is 17.5. The molecule has 5 heteroatoms. The number of benzene rings is 2. The molecule has 2 aromatic carbocycles. The maximum absolute atomic E-state index is 13.7. The van der Waals surface area contributed by atoms with E-state index in [9.17, 15) is 9.59 Å². The molecule has 1 fully saturated rings. The minimum atomic E-state index is -0.253. The zero-order valence-electron chi connectivity index (χ0n) is 17.4. The lowest BCUT2D eigenvalue weighted by Gasteiger charge is -2.30. The van der Waals surface area contributed by atoms with Gasteiger partial charge in [-0.15, -0.1) is 0 Å². The van der Waals surface area contributed by atoms with E-state index in [2.05, 4.69) is 6.07 Å². The number of aryl methyl sites for hydroxylation is 3. The first-order valence-electron chi connectivity index (χ1n) is 9.99. The highest BCUT2D eigenvalue weighted by Crippen LogP contribution is 2.37. The van der Waals surface area contributed by atoms with E-state index in [1.165, 1.54) is 4.90 Å². The topological polar surface area (TPSA) is 49.9 Å². The smallest absolute Gasteiger partial charge is 0.282 e. The number of morpholine rings is 1. The van der Waals surface area contributed by atoms with Gasteiger partial charge in [-0.3, -0.25) is 9.59 Å². The van der Waals surface area contributed by atoms with Gasteiger partial charge in [0, 0.05) is 13.1 Å². The molecule has 2 aliphatic rings. The number of rotatable bonds is 3. The Morgan fingerprint density at radius 1 is 0.862 bits per heavy atom. The number of imide groups is 1. The molecule has 0 N–H and O–H groups in total. The van der Waals surface area contributed by atoms with Gasteiger partial charge in [0.1, 0.15) is 5.70 Å². The molecule has 0 atom stereocenters. The molecular formula is C24H26N2O3. The lowest BCUT2D eigenvalue weighted by atomic mass is 9.97. The molecule has 2 heterocycles. The standard InChI is InChI=1S/C24H26N2O3/c1-15-8-9-19(17(3)14-15)21-22(25-10-12-29-13-11-25)24(28)26(23(21)27)20-7-5-6-16(2)18(20)4/h5-9,14H,10-13H2,1-4H3. The van der Waals surface area contributed by atoms with Crippen LogP contribution in [0.3, 0.4) is 0 Å². The van der Waals surface area contributed by atoms with Gasteiger partial charge >= 0.3 is 0 Å². The molecule has 150 valence electrons. The van der Waals surface area contributed by atoms with Crippen molar-refractivity contribution in [2.75, 3.05) is 31.2 Å². The van der Waals surface area contributed by atoms with Gasteiger partial charge in [0.25, 0.3) is 11.8 Å². The molecule has 0 spiro atoms. The van der Waals surface area contributed by atoms with Crippen LogP contribution in [-0.4, -0.2) is 43.0 Å². The summed E-state index contributed by atoms with van der Waals surface area (Å²) in [5, 5.41) is 0. The van der Waals surface area contributed by atoms with E-state index >= 15 is 0 Å². The number of amides is 2. The summed E-state index contributed by atoms with van der Waals surface area (Å²) >= 11 is 0. The summed E-state index contributed by atoms with van der Waals surface area (Å²) < 4.78 is 5.47. The number of hydrogen-bond donors (Lipinski definition) is 0. The molecule has 0 bridgehead atoms. The molecule has 29 heavy (non-hydrogen) atoms. The quantitative estimate of drug-likeness (QED) is 0.753. The van der Waals surface area contributed by atoms with Crippen LogP contribution in [0.25, 0.3) is 5.57 Å². The van der Waals surface area contributed by atoms with Crippen LogP contribution in [0.4, 0.5) is 5.69 Å². The lowest BCUT2D eigenvalue weighted by molar-refractivity contribution is -0.121. The third-order valence-electron chi connectivity index (χ3n) is 5.85. The molecular weight excluding hydrogens is 364 g/mol. The van der Waals surface area contributed by atoms with Gasteiger partial charge in [-0.1, -0.05) is 35.9 Å². The molecule has 2 aromatic rings. The molecule has 1 saturated heterocycles. The summed E-state index contributed by atoms with van der Waals surface area (Å²) in [5.41, 5.74) is 6.58. The first kappa shape index (κ1) is 19.4. The maximum atomic E-state index is 13.7. The summed E-state index contributed by atoms with van der Waals surface area (Å²) in [6, 6.07) is 11.7. The molecule has 0 aliphatic carbocycles. The Morgan fingerprint density at radius 2 is 1.59 bits per heavy atom. The highest BCUT2D eigenvalue weighted by molar-refractivity contribution is 6.45. The van der Waals surface area contributed by atoms with Crippen LogP contribution in [0.5, 0.6) is 0 Å². The Labute approximate surface area is 171 Å². The first-order chi connectivity index (χ1) is 13.9. The number of carbonyl (C=O) groups is 2. The predicted molar refractivity (Wildman–Crippen MR) is 114 cm³/mol. The van der Waals surface area contributed by atoms with Crippen LogP contribution in [0.1, 0.15) is 27.8 Å². The Morgan fingerprint density at radius 3 is 2.28 bits per heavy atom. The van der Waals surface area contributed by atoms with E-state index < -0.39 is 0 Å². The van der Waals surface area contributed by atoms with Crippen molar-refractivity contribution in [3.63, 3.8) is 0 Å². The summed E-state index contributed by atoms with van der Waals surface area (Å²) in [4.78, 5) is 30.6. The second-order valence-corrected chi connectivity index (χ2v) is 7.81. The molecule has 0 unspecified atom stereocenters. The van der Waals surface area contributed by atoms with Crippen LogP contribution in [0.2, 0.25) is 0 Å². The van der Waals surface area contributed by atoms with Crippen LogP contribution >= 0.6 is 0 Å². The fourth-order valence-corrected chi connectivity index (χ4v) is 4.13. The largest absolute Gasteiger partial charge is 0.378 e. The second-order valence-electron chi connectivity index (χ2n) is 7.81. The van der Waals surface area contributed by atoms with Gasteiger partial charge < -0.3 is 9.64 Å². The minimum absolute atomic E-state index is 0.249. The maximum Gasteiger partial charge on any atom is 0.282 e. The highest BCUT2D eigenvalue weighted by atomic mass is 16.5. The van der Waals surface area contributed by atoms with Gasteiger partial charge in [-0.05, 0) is 56.0 Å². The zero-order chi connectivity index (χ0) is 20.7. The molecule has 0 aromatic heterocycles. The van der Waals surface area contributed by atoms with E-state index in [1.807, 2.05) is 62.9 Å².